The normalized spacial score (nSPS) is 21.3. The van der Waals surface area contributed by atoms with Gasteiger partial charge in [0.25, 0.3) is 0 Å². The van der Waals surface area contributed by atoms with Crippen molar-refractivity contribution in [2.45, 2.75) is 71.1 Å². The van der Waals surface area contributed by atoms with Crippen LogP contribution in [0.4, 0.5) is 4.79 Å². The third-order valence-electron chi connectivity index (χ3n) is 3.68. The van der Waals surface area contributed by atoms with Crippen molar-refractivity contribution in [3.8, 4) is 0 Å². The maximum Gasteiger partial charge on any atom is 0.407 e. The average molecular weight is 268 g/mol. The van der Waals surface area contributed by atoms with Crippen molar-refractivity contribution in [2.75, 3.05) is 6.54 Å². The first-order valence-electron chi connectivity index (χ1n) is 7.58. The molecule has 0 heterocycles. The Morgan fingerprint density at radius 2 is 1.74 bits per heavy atom. The molecule has 0 aromatic heterocycles. The number of alkyl carbamates (subject to hydrolysis) is 1. The predicted octanol–water partition coefficient (Wildman–Crippen LogP) is 2.68. The van der Waals surface area contributed by atoms with E-state index in [1.165, 1.54) is 25.7 Å². The van der Waals surface area contributed by atoms with Gasteiger partial charge in [-0.25, -0.2) is 4.79 Å². The maximum absolute atomic E-state index is 11.6. The van der Waals surface area contributed by atoms with E-state index in [1.807, 2.05) is 27.7 Å². The van der Waals surface area contributed by atoms with Gasteiger partial charge in [-0.2, -0.15) is 0 Å². The van der Waals surface area contributed by atoms with E-state index >= 15 is 0 Å². The van der Waals surface area contributed by atoms with Crippen molar-refractivity contribution in [1.82, 2.24) is 10.6 Å². The second-order valence-corrected chi connectivity index (χ2v) is 7.16. The largest absolute Gasteiger partial charge is 0.444 e. The minimum Gasteiger partial charge on any atom is -0.444 e. The highest BCUT2D eigenvalue weighted by Crippen LogP contribution is 2.44. The number of amides is 1. The van der Waals surface area contributed by atoms with Gasteiger partial charge in [-0.3, -0.25) is 0 Å². The van der Waals surface area contributed by atoms with Gasteiger partial charge >= 0.3 is 6.09 Å². The molecule has 0 saturated heterocycles. The molecule has 0 radical (unpaired) electrons. The first-order valence-corrected chi connectivity index (χ1v) is 7.58. The quantitative estimate of drug-likeness (QED) is 0.778. The molecule has 0 bridgehead atoms. The molecule has 0 aliphatic heterocycles. The van der Waals surface area contributed by atoms with Crippen LogP contribution in [-0.2, 0) is 4.74 Å². The van der Waals surface area contributed by atoms with E-state index in [9.17, 15) is 4.79 Å². The fourth-order valence-corrected chi connectivity index (χ4v) is 2.50. The van der Waals surface area contributed by atoms with Gasteiger partial charge in [-0.15, -0.1) is 0 Å². The second-order valence-electron chi connectivity index (χ2n) is 7.16. The highest BCUT2D eigenvalue weighted by atomic mass is 16.6. The zero-order chi connectivity index (χ0) is 14.0. The summed E-state index contributed by atoms with van der Waals surface area (Å²) < 4.78 is 5.26. The SMILES string of the molecule is CC(CNC(C1CC1)C1CC1)NC(=O)OC(C)(C)C. The second kappa shape index (κ2) is 5.70. The lowest BCUT2D eigenvalue weighted by Gasteiger charge is -2.24. The number of carbonyl (C=O) groups excluding carboxylic acids is 1. The van der Waals surface area contributed by atoms with Crippen LogP contribution < -0.4 is 10.6 Å². The average Bonchev–Trinajstić information content (AvgIpc) is 3.10. The molecule has 2 aliphatic rings. The van der Waals surface area contributed by atoms with Gasteiger partial charge in [0.15, 0.2) is 0 Å². The Labute approximate surface area is 116 Å². The lowest BCUT2D eigenvalue weighted by molar-refractivity contribution is 0.0507. The minimum absolute atomic E-state index is 0.106. The molecule has 1 amide bonds. The van der Waals surface area contributed by atoms with Gasteiger partial charge < -0.3 is 15.4 Å². The van der Waals surface area contributed by atoms with Crippen LogP contribution in [0.25, 0.3) is 0 Å². The van der Waals surface area contributed by atoms with Crippen molar-refractivity contribution in [2.24, 2.45) is 11.8 Å². The van der Waals surface area contributed by atoms with Crippen LogP contribution in [-0.4, -0.2) is 30.3 Å². The van der Waals surface area contributed by atoms with Crippen LogP contribution >= 0.6 is 0 Å². The van der Waals surface area contributed by atoms with E-state index in [-0.39, 0.29) is 12.1 Å². The van der Waals surface area contributed by atoms with Crippen molar-refractivity contribution in [3.63, 3.8) is 0 Å². The van der Waals surface area contributed by atoms with Gasteiger partial charge in [0.05, 0.1) is 0 Å². The Bertz CT molecular complexity index is 305. The molecule has 1 unspecified atom stereocenters. The molecule has 110 valence electrons. The van der Waals surface area contributed by atoms with E-state index < -0.39 is 5.60 Å². The first-order chi connectivity index (χ1) is 8.85. The smallest absolute Gasteiger partial charge is 0.407 e. The van der Waals surface area contributed by atoms with Crippen LogP contribution in [0.2, 0.25) is 0 Å². The molecule has 0 spiro atoms. The molecular weight excluding hydrogens is 240 g/mol. The fraction of sp³-hybridized carbons (Fsp3) is 0.933. The highest BCUT2D eigenvalue weighted by molar-refractivity contribution is 5.68. The van der Waals surface area contributed by atoms with Crippen LogP contribution in [0.1, 0.15) is 53.4 Å². The number of nitrogens with one attached hydrogen (secondary N) is 2. The number of rotatable bonds is 6. The van der Waals surface area contributed by atoms with E-state index in [0.717, 1.165) is 18.4 Å². The summed E-state index contributed by atoms with van der Waals surface area (Å²) in [4.78, 5) is 11.6. The first kappa shape index (κ1) is 14.6. The van der Waals surface area contributed by atoms with Gasteiger partial charge in [-0.05, 0) is 65.2 Å². The lowest BCUT2D eigenvalue weighted by Crippen LogP contribution is -2.46. The van der Waals surface area contributed by atoms with Crippen molar-refractivity contribution >= 4 is 6.09 Å². The van der Waals surface area contributed by atoms with E-state index in [0.29, 0.717) is 6.04 Å². The van der Waals surface area contributed by atoms with E-state index in [1.54, 1.807) is 0 Å². The summed E-state index contributed by atoms with van der Waals surface area (Å²) in [6.45, 7) is 8.49. The molecule has 0 aromatic carbocycles. The highest BCUT2D eigenvalue weighted by Gasteiger charge is 2.41. The summed E-state index contributed by atoms with van der Waals surface area (Å²) in [6, 6.07) is 0.790. The van der Waals surface area contributed by atoms with E-state index in [4.69, 9.17) is 4.74 Å². The molecule has 2 saturated carbocycles. The summed E-state index contributed by atoms with van der Waals surface area (Å²) in [6.07, 6.45) is 5.19. The molecule has 2 aliphatic carbocycles. The van der Waals surface area contributed by atoms with Gasteiger partial charge in [-0.1, -0.05) is 0 Å². The molecule has 2 fully saturated rings. The fourth-order valence-electron chi connectivity index (χ4n) is 2.50. The van der Waals surface area contributed by atoms with Crippen LogP contribution in [0.3, 0.4) is 0 Å². The number of hydrogen-bond acceptors (Lipinski definition) is 3. The van der Waals surface area contributed by atoms with Crippen LogP contribution in [0.5, 0.6) is 0 Å². The molecule has 19 heavy (non-hydrogen) atoms. The van der Waals surface area contributed by atoms with Crippen LogP contribution in [0.15, 0.2) is 0 Å². The van der Waals surface area contributed by atoms with Gasteiger partial charge in [0.1, 0.15) is 5.60 Å². The summed E-state index contributed by atoms with van der Waals surface area (Å²) >= 11 is 0. The summed E-state index contributed by atoms with van der Waals surface area (Å²) in [5.74, 6) is 1.78. The third kappa shape index (κ3) is 5.39. The molecule has 2 N–H and O–H groups in total. The number of ether oxygens (including phenoxy) is 1. The molecule has 1 atom stereocenters. The third-order valence-corrected chi connectivity index (χ3v) is 3.68. The summed E-state index contributed by atoms with van der Waals surface area (Å²) in [5.41, 5.74) is -0.429. The van der Waals surface area contributed by atoms with Crippen molar-refractivity contribution in [1.29, 1.82) is 0 Å². The Hall–Kier alpha value is -0.770. The Kier molecular flexibility index (Phi) is 4.39. The number of hydrogen-bond donors (Lipinski definition) is 2. The zero-order valence-electron chi connectivity index (χ0n) is 12.7. The maximum atomic E-state index is 11.6. The number of carbonyl (C=O) groups is 1. The molecule has 0 aromatic rings. The van der Waals surface area contributed by atoms with Gasteiger partial charge in [0, 0.05) is 18.6 Å². The monoisotopic (exact) mass is 268 g/mol. The molecular formula is C15H28N2O2. The Balaban J connectivity index is 1.66. The van der Waals surface area contributed by atoms with E-state index in [2.05, 4.69) is 10.6 Å². The molecule has 2 rings (SSSR count). The standard InChI is InChI=1S/C15H28N2O2/c1-10(17-14(18)19-15(2,3)4)9-16-13(11-5-6-11)12-7-8-12/h10-13,16H,5-9H2,1-4H3,(H,17,18). The lowest BCUT2D eigenvalue weighted by atomic mass is 10.1. The van der Waals surface area contributed by atoms with Crippen molar-refractivity contribution in [3.05, 3.63) is 0 Å². The Morgan fingerprint density at radius 3 is 2.16 bits per heavy atom. The summed E-state index contributed by atoms with van der Waals surface area (Å²) in [5, 5.41) is 6.53. The van der Waals surface area contributed by atoms with Gasteiger partial charge in [0.2, 0.25) is 0 Å². The van der Waals surface area contributed by atoms with Crippen molar-refractivity contribution < 1.29 is 9.53 Å². The van der Waals surface area contributed by atoms with Crippen LogP contribution in [0, 0.1) is 11.8 Å². The predicted molar refractivity (Wildman–Crippen MR) is 76.1 cm³/mol. The zero-order valence-corrected chi connectivity index (χ0v) is 12.7. The Morgan fingerprint density at radius 1 is 1.21 bits per heavy atom. The minimum atomic E-state index is -0.429. The molecule has 4 nitrogen and oxygen atoms in total. The molecule has 4 heteroatoms. The summed E-state index contributed by atoms with van der Waals surface area (Å²) in [7, 11) is 0. The topological polar surface area (TPSA) is 50.4 Å².